The number of carboxylic acids is 1. The number of aromatic carboxylic acids is 1. The van der Waals surface area contributed by atoms with E-state index in [1.165, 1.54) is 12.1 Å². The molecule has 0 unspecified atom stereocenters. The molecule has 0 spiro atoms. The molecular weight excluding hydrogens is 297 g/mol. The van der Waals surface area contributed by atoms with Crippen molar-refractivity contribution >= 4 is 24.9 Å². The molecule has 0 amide bonds. The van der Waals surface area contributed by atoms with Crippen molar-refractivity contribution in [2.75, 3.05) is 12.3 Å². The van der Waals surface area contributed by atoms with Crippen LogP contribution < -0.4 is 5.73 Å². The van der Waals surface area contributed by atoms with E-state index in [1.54, 1.807) is 12.1 Å². The first-order chi connectivity index (χ1) is 10.6. The maximum atomic E-state index is 11.4. The molecule has 1 fully saturated rings. The fourth-order valence-corrected chi connectivity index (χ4v) is 2.30. The van der Waals surface area contributed by atoms with E-state index >= 15 is 0 Å². The van der Waals surface area contributed by atoms with E-state index in [2.05, 4.69) is 0 Å². The van der Waals surface area contributed by atoms with Gasteiger partial charge >= 0.3 is 13.1 Å². The Morgan fingerprint density at radius 2 is 1.83 bits per heavy atom. The van der Waals surface area contributed by atoms with Crippen molar-refractivity contribution in [2.45, 2.75) is 38.9 Å². The van der Waals surface area contributed by atoms with Crippen LogP contribution >= 0.6 is 0 Å². The molecule has 0 saturated carbocycles. The molecule has 1 saturated heterocycles. The molecule has 1 aromatic rings. The highest BCUT2D eigenvalue weighted by Crippen LogP contribution is 2.39. The van der Waals surface area contributed by atoms with Crippen LogP contribution in [-0.2, 0) is 9.31 Å². The third kappa shape index (κ3) is 3.27. The highest BCUT2D eigenvalue weighted by molar-refractivity contribution is 6.56. The van der Waals surface area contributed by atoms with Gasteiger partial charge in [-0.15, -0.1) is 0 Å². The summed E-state index contributed by atoms with van der Waals surface area (Å²) in [5.41, 5.74) is 5.92. The number of nitrogens with two attached hydrogens (primary N) is 1. The zero-order chi connectivity index (χ0) is 17.4. The summed E-state index contributed by atoms with van der Waals surface area (Å²) >= 11 is 0. The summed E-state index contributed by atoms with van der Waals surface area (Å²) in [6, 6.07) is 4.64. The highest BCUT2D eigenvalue weighted by atomic mass is 16.7. The Kier molecular flexibility index (Phi) is 4.57. The molecule has 1 aliphatic heterocycles. The number of benzene rings is 1. The van der Waals surface area contributed by atoms with Gasteiger partial charge in [0, 0.05) is 11.3 Å². The summed E-state index contributed by atoms with van der Waals surface area (Å²) in [4.78, 5) is 11.4. The van der Waals surface area contributed by atoms with Gasteiger partial charge in [-0.05, 0) is 45.3 Å². The number of carboxylic acid groups (broad SMARTS) is 1. The zero-order valence-electron chi connectivity index (χ0n) is 13.8. The van der Waals surface area contributed by atoms with Gasteiger partial charge in [-0.3, -0.25) is 0 Å². The molecule has 124 valence electrons. The standard InChI is InChI=1S/C16H22BNO5/c1-15(2)16(3,4)23-17(22-15)10(9-19)8-12-11(14(20)21)6-5-7-13(12)18/h5-8,19H,9,18H2,1-4H3,(H,20,21). The second-order valence-corrected chi connectivity index (χ2v) is 6.58. The van der Waals surface area contributed by atoms with Crippen molar-refractivity contribution < 1.29 is 24.3 Å². The minimum Gasteiger partial charge on any atom is -0.478 e. The summed E-state index contributed by atoms with van der Waals surface area (Å²) in [7, 11) is -0.758. The van der Waals surface area contributed by atoms with E-state index in [-0.39, 0.29) is 12.2 Å². The number of hydrogen-bond donors (Lipinski definition) is 3. The Balaban J connectivity index is 2.44. The molecule has 2 rings (SSSR count). The second-order valence-electron chi connectivity index (χ2n) is 6.58. The largest absolute Gasteiger partial charge is 0.492 e. The molecule has 4 N–H and O–H groups in total. The first kappa shape index (κ1) is 17.5. The molecule has 0 bridgehead atoms. The van der Waals surface area contributed by atoms with Crippen molar-refractivity contribution in [3.05, 3.63) is 34.8 Å². The molecule has 0 radical (unpaired) electrons. The number of rotatable bonds is 4. The van der Waals surface area contributed by atoms with Crippen LogP contribution in [0.2, 0.25) is 0 Å². The van der Waals surface area contributed by atoms with Gasteiger partial charge in [0.15, 0.2) is 0 Å². The summed E-state index contributed by atoms with van der Waals surface area (Å²) < 4.78 is 11.8. The number of anilines is 1. The van der Waals surface area contributed by atoms with Gasteiger partial charge in [-0.25, -0.2) is 4.79 Å². The van der Waals surface area contributed by atoms with Crippen LogP contribution in [0.4, 0.5) is 5.69 Å². The summed E-state index contributed by atoms with van der Waals surface area (Å²) in [6.45, 7) is 7.29. The normalized spacial score (nSPS) is 19.9. The van der Waals surface area contributed by atoms with Crippen molar-refractivity contribution in [1.82, 2.24) is 0 Å². The van der Waals surface area contributed by atoms with Gasteiger partial charge in [0.25, 0.3) is 0 Å². The maximum Gasteiger partial charge on any atom is 0.492 e. The minimum absolute atomic E-state index is 0.0625. The Morgan fingerprint density at radius 3 is 2.30 bits per heavy atom. The molecule has 1 heterocycles. The molecule has 7 heteroatoms. The maximum absolute atomic E-state index is 11.4. The number of hydrogen-bond acceptors (Lipinski definition) is 5. The van der Waals surface area contributed by atoms with Gasteiger partial charge < -0.3 is 25.3 Å². The van der Waals surface area contributed by atoms with Crippen molar-refractivity contribution in [3.63, 3.8) is 0 Å². The average molecular weight is 319 g/mol. The summed E-state index contributed by atoms with van der Waals surface area (Å²) in [5.74, 6) is -1.09. The van der Waals surface area contributed by atoms with E-state index in [0.717, 1.165) is 0 Å². The Morgan fingerprint density at radius 1 is 1.26 bits per heavy atom. The molecule has 1 aliphatic rings. The molecule has 6 nitrogen and oxygen atoms in total. The van der Waals surface area contributed by atoms with Crippen LogP contribution in [0.5, 0.6) is 0 Å². The van der Waals surface area contributed by atoms with Crippen molar-refractivity contribution in [1.29, 1.82) is 0 Å². The quantitative estimate of drug-likeness (QED) is 0.579. The first-order valence-electron chi connectivity index (χ1n) is 7.38. The zero-order valence-corrected chi connectivity index (χ0v) is 13.8. The Hall–Kier alpha value is -1.83. The fraction of sp³-hybridized carbons (Fsp3) is 0.438. The SMILES string of the molecule is CC1(C)OB(C(=Cc2c(N)cccc2C(=O)O)CO)OC1(C)C. The average Bonchev–Trinajstić information content (AvgIpc) is 2.65. The van der Waals surface area contributed by atoms with Crippen LogP contribution in [0.1, 0.15) is 43.6 Å². The number of nitrogen functional groups attached to an aromatic ring is 1. The van der Waals surface area contributed by atoms with Gasteiger partial charge in [0.2, 0.25) is 0 Å². The Bertz CT molecular complexity index is 638. The fourth-order valence-electron chi connectivity index (χ4n) is 2.30. The van der Waals surface area contributed by atoms with Crippen molar-refractivity contribution in [2.24, 2.45) is 0 Å². The minimum atomic E-state index is -1.09. The molecular formula is C16H22BNO5. The van der Waals surface area contributed by atoms with Crippen LogP contribution in [-0.4, -0.2) is 41.1 Å². The lowest BCUT2D eigenvalue weighted by Crippen LogP contribution is -2.41. The third-order valence-corrected chi connectivity index (χ3v) is 4.44. The highest BCUT2D eigenvalue weighted by Gasteiger charge is 2.52. The predicted molar refractivity (Wildman–Crippen MR) is 89.0 cm³/mol. The van der Waals surface area contributed by atoms with Gasteiger partial charge in [-0.2, -0.15) is 0 Å². The van der Waals surface area contributed by atoms with Crippen LogP contribution in [0.25, 0.3) is 6.08 Å². The number of aliphatic hydroxyl groups is 1. The van der Waals surface area contributed by atoms with Gasteiger partial charge in [0.1, 0.15) is 0 Å². The van der Waals surface area contributed by atoms with Gasteiger partial charge in [-0.1, -0.05) is 12.1 Å². The van der Waals surface area contributed by atoms with Crippen LogP contribution in [0.15, 0.2) is 23.7 Å². The van der Waals surface area contributed by atoms with Crippen molar-refractivity contribution in [3.8, 4) is 0 Å². The van der Waals surface area contributed by atoms with E-state index in [1.807, 2.05) is 27.7 Å². The number of carbonyl (C=O) groups is 1. The monoisotopic (exact) mass is 319 g/mol. The summed E-state index contributed by atoms with van der Waals surface area (Å²) in [6.07, 6.45) is 1.53. The molecule has 23 heavy (non-hydrogen) atoms. The smallest absolute Gasteiger partial charge is 0.478 e. The van der Waals surface area contributed by atoms with Crippen LogP contribution in [0, 0.1) is 0 Å². The topological polar surface area (TPSA) is 102 Å². The molecule has 0 aromatic heterocycles. The third-order valence-electron chi connectivity index (χ3n) is 4.44. The van der Waals surface area contributed by atoms with E-state index in [4.69, 9.17) is 15.0 Å². The van der Waals surface area contributed by atoms with E-state index < -0.39 is 24.3 Å². The van der Waals surface area contributed by atoms with E-state index in [0.29, 0.717) is 16.7 Å². The first-order valence-corrected chi connectivity index (χ1v) is 7.38. The lowest BCUT2D eigenvalue weighted by atomic mass is 9.77. The lowest BCUT2D eigenvalue weighted by Gasteiger charge is -2.32. The number of aliphatic hydroxyl groups excluding tert-OH is 1. The predicted octanol–water partition coefficient (Wildman–Crippen LogP) is 1.97. The Labute approximate surface area is 136 Å². The van der Waals surface area contributed by atoms with E-state index in [9.17, 15) is 15.0 Å². The molecule has 0 atom stereocenters. The van der Waals surface area contributed by atoms with Gasteiger partial charge in [0.05, 0.1) is 23.4 Å². The second kappa shape index (κ2) is 6.00. The molecule has 1 aromatic carbocycles. The molecule has 0 aliphatic carbocycles. The van der Waals surface area contributed by atoms with Crippen LogP contribution in [0.3, 0.4) is 0 Å². The lowest BCUT2D eigenvalue weighted by molar-refractivity contribution is 0.00578. The summed E-state index contributed by atoms with van der Waals surface area (Å²) in [5, 5.41) is 19.0.